The molecule has 1 saturated heterocycles. The van der Waals surface area contributed by atoms with Crippen molar-refractivity contribution >= 4 is 18.0 Å². The van der Waals surface area contributed by atoms with E-state index in [9.17, 15) is 14.4 Å². The minimum Gasteiger partial charge on any atom is -0.481 e. The van der Waals surface area contributed by atoms with Gasteiger partial charge in [0, 0.05) is 13.0 Å². The Kier molecular flexibility index (Phi) is 6.23. The van der Waals surface area contributed by atoms with Gasteiger partial charge in [-0.05, 0) is 38.7 Å². The molecule has 1 aliphatic heterocycles. The summed E-state index contributed by atoms with van der Waals surface area (Å²) in [7, 11) is 0. The van der Waals surface area contributed by atoms with E-state index in [-0.39, 0.29) is 31.9 Å². The van der Waals surface area contributed by atoms with Crippen LogP contribution in [-0.2, 0) is 25.7 Å². The van der Waals surface area contributed by atoms with Gasteiger partial charge in [-0.3, -0.25) is 9.69 Å². The summed E-state index contributed by atoms with van der Waals surface area (Å²) < 4.78 is 10.7. The number of carboxylic acid groups (broad SMARTS) is 1. The normalized spacial score (nSPS) is 19.9. The molecule has 1 N–H and O–H groups in total. The molecule has 1 aliphatic rings. The van der Waals surface area contributed by atoms with E-state index in [1.54, 1.807) is 20.8 Å². The fourth-order valence-electron chi connectivity index (χ4n) is 2.89. The van der Waals surface area contributed by atoms with E-state index in [2.05, 4.69) is 0 Å². The Morgan fingerprint density at radius 1 is 1.19 bits per heavy atom. The smallest absolute Gasteiger partial charge is 0.411 e. The number of hydrogen-bond acceptors (Lipinski definition) is 5. The first kappa shape index (κ1) is 19.8. The van der Waals surface area contributed by atoms with Gasteiger partial charge in [0.1, 0.15) is 18.2 Å². The number of amides is 1. The monoisotopic (exact) mass is 363 g/mol. The molecule has 1 heterocycles. The Labute approximate surface area is 152 Å². The van der Waals surface area contributed by atoms with E-state index >= 15 is 0 Å². The summed E-state index contributed by atoms with van der Waals surface area (Å²) in [5.74, 6) is -1.82. The molecule has 1 aromatic rings. The van der Waals surface area contributed by atoms with Crippen LogP contribution in [0.5, 0.6) is 0 Å². The fraction of sp³-hybridized carbons (Fsp3) is 0.526. The van der Waals surface area contributed by atoms with Crippen LogP contribution in [0.4, 0.5) is 4.79 Å². The summed E-state index contributed by atoms with van der Waals surface area (Å²) in [6.07, 6.45) is -0.493. The van der Waals surface area contributed by atoms with Crippen LogP contribution >= 0.6 is 0 Å². The number of aliphatic carboxylic acids is 1. The number of ether oxygens (including phenoxy) is 2. The lowest BCUT2D eigenvalue weighted by molar-refractivity contribution is -0.150. The lowest BCUT2D eigenvalue weighted by Gasteiger charge is -2.27. The van der Waals surface area contributed by atoms with Crippen LogP contribution in [0.3, 0.4) is 0 Å². The molecule has 0 aliphatic carbocycles. The third-order valence-electron chi connectivity index (χ3n) is 3.98. The van der Waals surface area contributed by atoms with Crippen molar-refractivity contribution in [1.29, 1.82) is 0 Å². The van der Waals surface area contributed by atoms with Crippen LogP contribution in [0, 0.1) is 5.92 Å². The van der Waals surface area contributed by atoms with Gasteiger partial charge >= 0.3 is 18.0 Å². The van der Waals surface area contributed by atoms with E-state index in [0.29, 0.717) is 0 Å². The first-order valence-electron chi connectivity index (χ1n) is 8.57. The first-order valence-corrected chi connectivity index (χ1v) is 8.57. The summed E-state index contributed by atoms with van der Waals surface area (Å²) in [5, 5.41) is 9.01. The lowest BCUT2D eigenvalue weighted by atomic mass is 10.0. The van der Waals surface area contributed by atoms with Crippen LogP contribution in [0.2, 0.25) is 0 Å². The largest absolute Gasteiger partial charge is 0.481 e. The molecule has 7 nitrogen and oxygen atoms in total. The van der Waals surface area contributed by atoms with Crippen LogP contribution in [0.25, 0.3) is 0 Å². The summed E-state index contributed by atoms with van der Waals surface area (Å²) in [6.45, 7) is 5.46. The highest BCUT2D eigenvalue weighted by molar-refractivity contribution is 5.82. The molecule has 0 unspecified atom stereocenters. The van der Waals surface area contributed by atoms with Crippen molar-refractivity contribution < 1.29 is 29.0 Å². The minimum absolute atomic E-state index is 0.0991. The molecule has 1 fully saturated rings. The third-order valence-corrected chi connectivity index (χ3v) is 3.98. The van der Waals surface area contributed by atoms with Crippen molar-refractivity contribution in [2.45, 2.75) is 51.9 Å². The van der Waals surface area contributed by atoms with E-state index in [4.69, 9.17) is 14.6 Å². The van der Waals surface area contributed by atoms with Crippen molar-refractivity contribution in [2.24, 2.45) is 5.92 Å². The second-order valence-corrected chi connectivity index (χ2v) is 7.44. The molecule has 1 aromatic carbocycles. The second-order valence-electron chi connectivity index (χ2n) is 7.44. The molecule has 0 saturated carbocycles. The predicted molar refractivity (Wildman–Crippen MR) is 93.3 cm³/mol. The van der Waals surface area contributed by atoms with Gasteiger partial charge in [-0.25, -0.2) is 9.59 Å². The predicted octanol–water partition coefficient (Wildman–Crippen LogP) is 2.83. The highest BCUT2D eigenvalue weighted by Gasteiger charge is 2.42. The fourth-order valence-corrected chi connectivity index (χ4v) is 2.89. The number of benzene rings is 1. The molecule has 2 atom stereocenters. The van der Waals surface area contributed by atoms with Crippen LogP contribution in [0.15, 0.2) is 30.3 Å². The van der Waals surface area contributed by atoms with Crippen LogP contribution in [0.1, 0.15) is 39.2 Å². The van der Waals surface area contributed by atoms with Gasteiger partial charge in [0.05, 0.1) is 0 Å². The maximum atomic E-state index is 12.5. The van der Waals surface area contributed by atoms with Crippen molar-refractivity contribution in [3.05, 3.63) is 35.9 Å². The molecule has 0 aromatic heterocycles. The molecule has 0 radical (unpaired) electrons. The van der Waals surface area contributed by atoms with Gasteiger partial charge < -0.3 is 14.6 Å². The van der Waals surface area contributed by atoms with E-state index in [1.807, 2.05) is 30.3 Å². The summed E-state index contributed by atoms with van der Waals surface area (Å²) in [5.41, 5.74) is 0.130. The van der Waals surface area contributed by atoms with Gasteiger partial charge in [0.15, 0.2) is 0 Å². The second kappa shape index (κ2) is 8.21. The summed E-state index contributed by atoms with van der Waals surface area (Å²) >= 11 is 0. The Morgan fingerprint density at radius 2 is 1.85 bits per heavy atom. The molecule has 0 bridgehead atoms. The van der Waals surface area contributed by atoms with Gasteiger partial charge in [0.2, 0.25) is 0 Å². The summed E-state index contributed by atoms with van der Waals surface area (Å²) in [4.78, 5) is 37.2. The molecule has 26 heavy (non-hydrogen) atoms. The zero-order chi connectivity index (χ0) is 19.3. The SMILES string of the molecule is CC(C)(C)OC(=O)N1C[C@@H](CC(=O)O)C[C@H]1C(=O)OCc1ccccc1. The van der Waals surface area contributed by atoms with Gasteiger partial charge in [-0.2, -0.15) is 0 Å². The molecule has 2 rings (SSSR count). The molecule has 1 amide bonds. The highest BCUT2D eigenvalue weighted by atomic mass is 16.6. The average Bonchev–Trinajstić information content (AvgIpc) is 2.95. The topological polar surface area (TPSA) is 93.1 Å². The Bertz CT molecular complexity index is 652. The zero-order valence-electron chi connectivity index (χ0n) is 15.3. The van der Waals surface area contributed by atoms with Gasteiger partial charge in [-0.15, -0.1) is 0 Å². The van der Waals surface area contributed by atoms with E-state index in [0.717, 1.165) is 5.56 Å². The number of carbonyl (C=O) groups is 3. The maximum absolute atomic E-state index is 12.5. The maximum Gasteiger partial charge on any atom is 0.411 e. The van der Waals surface area contributed by atoms with Crippen LogP contribution < -0.4 is 0 Å². The number of hydrogen-bond donors (Lipinski definition) is 1. The Morgan fingerprint density at radius 3 is 2.42 bits per heavy atom. The summed E-state index contributed by atoms with van der Waals surface area (Å²) in [6, 6.07) is 8.38. The molecular weight excluding hydrogens is 338 g/mol. The molecule has 7 heteroatoms. The first-order chi connectivity index (χ1) is 12.2. The standard InChI is InChI=1S/C19H25NO6/c1-19(2,3)26-18(24)20-11-14(10-16(21)22)9-15(20)17(23)25-12-13-7-5-4-6-8-13/h4-8,14-15H,9-12H2,1-3H3,(H,21,22)/t14-,15+/m1/s1. The third kappa shape index (κ3) is 5.75. The minimum atomic E-state index is -0.961. The number of carboxylic acids is 1. The molecular formula is C19H25NO6. The quantitative estimate of drug-likeness (QED) is 0.809. The Balaban J connectivity index is 2.06. The molecule has 0 spiro atoms. The highest BCUT2D eigenvalue weighted by Crippen LogP contribution is 2.28. The zero-order valence-corrected chi connectivity index (χ0v) is 15.3. The van der Waals surface area contributed by atoms with E-state index in [1.165, 1.54) is 4.90 Å². The van der Waals surface area contributed by atoms with Crippen molar-refractivity contribution in [3.63, 3.8) is 0 Å². The number of likely N-dealkylation sites (tertiary alicyclic amines) is 1. The van der Waals surface area contributed by atoms with Crippen molar-refractivity contribution in [1.82, 2.24) is 4.90 Å². The van der Waals surface area contributed by atoms with Crippen LogP contribution in [-0.4, -0.2) is 46.2 Å². The number of nitrogens with zero attached hydrogens (tertiary/aromatic N) is 1. The van der Waals surface area contributed by atoms with E-state index < -0.39 is 29.7 Å². The number of rotatable bonds is 5. The average molecular weight is 363 g/mol. The lowest BCUT2D eigenvalue weighted by Crippen LogP contribution is -2.44. The molecule has 142 valence electrons. The number of esters is 1. The van der Waals surface area contributed by atoms with Crippen molar-refractivity contribution in [3.8, 4) is 0 Å². The number of carbonyl (C=O) groups excluding carboxylic acids is 2. The Hall–Kier alpha value is -2.57. The van der Waals surface area contributed by atoms with Gasteiger partial charge in [-0.1, -0.05) is 30.3 Å². The van der Waals surface area contributed by atoms with Gasteiger partial charge in [0.25, 0.3) is 0 Å². The van der Waals surface area contributed by atoms with Crippen molar-refractivity contribution in [2.75, 3.05) is 6.54 Å².